The van der Waals surface area contributed by atoms with Crippen LogP contribution in [0.4, 0.5) is 0 Å². The van der Waals surface area contributed by atoms with Crippen molar-refractivity contribution in [2.45, 2.75) is 70.8 Å². The predicted molar refractivity (Wildman–Crippen MR) is 107 cm³/mol. The first kappa shape index (κ1) is 19.8. The molecule has 2 nitrogen and oxygen atoms in total. The largest absolute Gasteiger partial charge is 0.494 e. The third kappa shape index (κ3) is 8.53. The van der Waals surface area contributed by atoms with E-state index in [9.17, 15) is 0 Å². The van der Waals surface area contributed by atoms with Gasteiger partial charge < -0.3 is 4.74 Å². The minimum atomic E-state index is 0.854. The highest BCUT2D eigenvalue weighted by Crippen LogP contribution is 2.17. The summed E-state index contributed by atoms with van der Waals surface area (Å²) in [6, 6.07) is 8.74. The number of piperidine rings is 1. The fourth-order valence-electron chi connectivity index (χ4n) is 3.34. The molecule has 0 amide bonds. The first-order valence-electron chi connectivity index (χ1n) is 9.88. The van der Waals surface area contributed by atoms with Gasteiger partial charge in [-0.05, 0) is 56.5 Å². The number of benzene rings is 1. The van der Waals surface area contributed by atoms with Crippen molar-refractivity contribution < 1.29 is 4.74 Å². The van der Waals surface area contributed by atoms with Crippen molar-refractivity contribution in [2.75, 3.05) is 25.0 Å². The van der Waals surface area contributed by atoms with E-state index in [-0.39, 0.29) is 0 Å². The maximum absolute atomic E-state index is 5.88. The molecule has 136 valence electrons. The smallest absolute Gasteiger partial charge is 0.119 e. The summed E-state index contributed by atoms with van der Waals surface area (Å²) in [6.07, 6.45) is 13.4. The Kier molecular flexibility index (Phi) is 10.5. The minimum absolute atomic E-state index is 0.854. The Labute approximate surface area is 157 Å². The summed E-state index contributed by atoms with van der Waals surface area (Å²) < 4.78 is 5.88. The van der Waals surface area contributed by atoms with E-state index in [1.807, 2.05) is 0 Å². The highest BCUT2D eigenvalue weighted by atomic mass is 79.9. The first-order valence-corrected chi connectivity index (χ1v) is 11.0. The number of likely N-dealkylation sites (tertiary alicyclic amines) is 1. The molecule has 0 saturated carbocycles. The average molecular weight is 396 g/mol. The molecule has 1 saturated heterocycles. The second-order valence-electron chi connectivity index (χ2n) is 6.99. The van der Waals surface area contributed by atoms with Crippen LogP contribution in [-0.2, 0) is 6.54 Å². The van der Waals surface area contributed by atoms with Gasteiger partial charge in [0.1, 0.15) is 5.75 Å². The summed E-state index contributed by atoms with van der Waals surface area (Å²) in [7, 11) is 0. The number of hydrogen-bond acceptors (Lipinski definition) is 2. The third-order valence-corrected chi connectivity index (χ3v) is 5.39. The van der Waals surface area contributed by atoms with Gasteiger partial charge in [-0.15, -0.1) is 0 Å². The fraction of sp³-hybridized carbons (Fsp3) is 0.714. The molecule has 0 spiro atoms. The maximum Gasteiger partial charge on any atom is 0.119 e. The fourth-order valence-corrected chi connectivity index (χ4v) is 3.73. The highest BCUT2D eigenvalue weighted by Gasteiger charge is 2.10. The van der Waals surface area contributed by atoms with Gasteiger partial charge in [-0.2, -0.15) is 0 Å². The Hall–Kier alpha value is -0.540. The lowest BCUT2D eigenvalue weighted by Crippen LogP contribution is -2.28. The summed E-state index contributed by atoms with van der Waals surface area (Å²) in [5, 5.41) is 1.15. The van der Waals surface area contributed by atoms with Gasteiger partial charge in [0, 0.05) is 11.9 Å². The zero-order valence-electron chi connectivity index (χ0n) is 15.1. The van der Waals surface area contributed by atoms with Crippen molar-refractivity contribution in [1.29, 1.82) is 0 Å². The molecule has 0 unspecified atom stereocenters. The Bertz CT molecular complexity index is 414. The number of rotatable bonds is 12. The Morgan fingerprint density at radius 1 is 0.792 bits per heavy atom. The van der Waals surface area contributed by atoms with Gasteiger partial charge in [-0.3, -0.25) is 4.90 Å². The lowest BCUT2D eigenvalue weighted by molar-refractivity contribution is 0.221. The molecule has 0 bridgehead atoms. The quantitative estimate of drug-likeness (QED) is 0.309. The lowest BCUT2D eigenvalue weighted by atomic mass is 10.1. The van der Waals surface area contributed by atoms with Gasteiger partial charge in [0.05, 0.1) is 6.61 Å². The van der Waals surface area contributed by atoms with Crippen LogP contribution in [0.25, 0.3) is 0 Å². The zero-order chi connectivity index (χ0) is 16.9. The Morgan fingerprint density at radius 2 is 1.42 bits per heavy atom. The van der Waals surface area contributed by atoms with Crippen LogP contribution in [0.3, 0.4) is 0 Å². The number of nitrogens with zero attached hydrogens (tertiary/aromatic N) is 1. The molecule has 1 aliphatic rings. The SMILES string of the molecule is BrCCCCCCCCCOc1ccc(CN2CCCCC2)cc1. The van der Waals surface area contributed by atoms with Gasteiger partial charge in [0.2, 0.25) is 0 Å². The van der Waals surface area contributed by atoms with E-state index in [2.05, 4.69) is 45.1 Å². The van der Waals surface area contributed by atoms with Crippen LogP contribution < -0.4 is 4.74 Å². The Morgan fingerprint density at radius 3 is 2.08 bits per heavy atom. The van der Waals surface area contributed by atoms with Crippen molar-refractivity contribution >= 4 is 15.9 Å². The molecule has 0 aromatic heterocycles. The molecule has 0 N–H and O–H groups in total. The molecule has 24 heavy (non-hydrogen) atoms. The van der Waals surface area contributed by atoms with E-state index in [1.165, 1.54) is 82.9 Å². The van der Waals surface area contributed by atoms with Gasteiger partial charge in [-0.1, -0.05) is 66.6 Å². The molecular formula is C21H34BrNO. The van der Waals surface area contributed by atoms with Gasteiger partial charge in [0.15, 0.2) is 0 Å². The van der Waals surface area contributed by atoms with Gasteiger partial charge in [-0.25, -0.2) is 0 Å². The number of alkyl halides is 1. The molecule has 2 rings (SSSR count). The molecule has 1 aromatic rings. The topological polar surface area (TPSA) is 12.5 Å². The van der Waals surface area contributed by atoms with E-state index in [0.717, 1.165) is 24.2 Å². The van der Waals surface area contributed by atoms with Crippen LogP contribution >= 0.6 is 15.9 Å². The molecule has 1 fully saturated rings. The summed E-state index contributed by atoms with van der Waals surface area (Å²) >= 11 is 3.49. The van der Waals surface area contributed by atoms with Crippen LogP contribution in [-0.4, -0.2) is 29.9 Å². The highest BCUT2D eigenvalue weighted by molar-refractivity contribution is 9.09. The van der Waals surface area contributed by atoms with Crippen molar-refractivity contribution in [3.05, 3.63) is 29.8 Å². The monoisotopic (exact) mass is 395 g/mol. The van der Waals surface area contributed by atoms with Crippen molar-refractivity contribution in [1.82, 2.24) is 4.90 Å². The van der Waals surface area contributed by atoms with E-state index in [4.69, 9.17) is 4.74 Å². The number of ether oxygens (including phenoxy) is 1. The van der Waals surface area contributed by atoms with E-state index < -0.39 is 0 Å². The molecule has 1 aliphatic heterocycles. The van der Waals surface area contributed by atoms with E-state index in [1.54, 1.807) is 0 Å². The number of halogens is 1. The van der Waals surface area contributed by atoms with E-state index >= 15 is 0 Å². The second kappa shape index (κ2) is 12.8. The van der Waals surface area contributed by atoms with Crippen molar-refractivity contribution in [3.63, 3.8) is 0 Å². The van der Waals surface area contributed by atoms with Crippen molar-refractivity contribution in [3.8, 4) is 5.75 Å². The van der Waals surface area contributed by atoms with E-state index in [0.29, 0.717) is 0 Å². The molecule has 0 radical (unpaired) electrons. The van der Waals surface area contributed by atoms with Crippen LogP contribution in [0.2, 0.25) is 0 Å². The lowest BCUT2D eigenvalue weighted by Gasteiger charge is -2.26. The van der Waals surface area contributed by atoms with Gasteiger partial charge >= 0.3 is 0 Å². The molecule has 0 aliphatic carbocycles. The van der Waals surface area contributed by atoms with Crippen molar-refractivity contribution in [2.24, 2.45) is 0 Å². The standard InChI is InChI=1S/C21H34BrNO/c22-15-7-4-2-1-3-5-10-18-24-21-13-11-20(12-14-21)19-23-16-8-6-9-17-23/h11-14H,1-10,15-19H2. The van der Waals surface area contributed by atoms with Crippen LogP contribution in [0.15, 0.2) is 24.3 Å². The zero-order valence-corrected chi connectivity index (χ0v) is 16.7. The van der Waals surface area contributed by atoms with Crippen LogP contribution in [0, 0.1) is 0 Å². The molecule has 3 heteroatoms. The van der Waals surface area contributed by atoms with Gasteiger partial charge in [0.25, 0.3) is 0 Å². The summed E-state index contributed by atoms with van der Waals surface area (Å²) in [4.78, 5) is 2.57. The number of hydrogen-bond donors (Lipinski definition) is 0. The molecule has 1 aromatic carbocycles. The third-order valence-electron chi connectivity index (χ3n) is 4.82. The molecule has 0 atom stereocenters. The summed E-state index contributed by atoms with van der Waals surface area (Å²) in [5.74, 6) is 1.02. The van der Waals surface area contributed by atoms with Crippen LogP contribution in [0.1, 0.15) is 69.8 Å². The maximum atomic E-state index is 5.88. The summed E-state index contributed by atoms with van der Waals surface area (Å²) in [5.41, 5.74) is 1.41. The molecule has 1 heterocycles. The Balaban J connectivity index is 1.52. The summed E-state index contributed by atoms with van der Waals surface area (Å²) in [6.45, 7) is 4.46. The predicted octanol–water partition coefficient (Wildman–Crippen LogP) is 6.18. The second-order valence-corrected chi connectivity index (χ2v) is 7.79. The minimum Gasteiger partial charge on any atom is -0.494 e. The normalized spacial score (nSPS) is 15.5. The van der Waals surface area contributed by atoms with Crippen LogP contribution in [0.5, 0.6) is 5.75 Å². The molecular weight excluding hydrogens is 362 g/mol. The first-order chi connectivity index (χ1) is 11.9. The number of unbranched alkanes of at least 4 members (excludes halogenated alkanes) is 6. The average Bonchev–Trinajstić information content (AvgIpc) is 2.62.